The van der Waals surface area contributed by atoms with Gasteiger partial charge in [-0.1, -0.05) is 29.3 Å². The highest BCUT2D eigenvalue weighted by molar-refractivity contribution is 9.10. The van der Waals surface area contributed by atoms with Crippen molar-refractivity contribution in [2.75, 3.05) is 0 Å². The molecule has 2 rings (SSSR count). The van der Waals surface area contributed by atoms with Crippen LogP contribution in [0.4, 0.5) is 0 Å². The van der Waals surface area contributed by atoms with Crippen LogP contribution in [0.15, 0.2) is 33.6 Å². The molecular formula is C14H20BrNS. The van der Waals surface area contributed by atoms with E-state index in [0.717, 1.165) is 10.4 Å². The summed E-state index contributed by atoms with van der Waals surface area (Å²) in [7, 11) is 0. The van der Waals surface area contributed by atoms with Crippen molar-refractivity contribution >= 4 is 27.7 Å². The molecule has 94 valence electrons. The fourth-order valence-corrected chi connectivity index (χ4v) is 4.02. The molecule has 1 saturated carbocycles. The van der Waals surface area contributed by atoms with Gasteiger partial charge in [-0.3, -0.25) is 0 Å². The Kier molecular flexibility index (Phi) is 4.95. The molecule has 0 amide bonds. The molecular weight excluding hydrogens is 294 g/mol. The number of nitrogens with two attached hydrogens (primary N) is 1. The van der Waals surface area contributed by atoms with Crippen molar-refractivity contribution in [3.05, 3.63) is 28.7 Å². The molecule has 3 heteroatoms. The van der Waals surface area contributed by atoms with E-state index in [1.165, 1.54) is 30.6 Å². The zero-order chi connectivity index (χ0) is 12.3. The lowest BCUT2D eigenvalue weighted by Crippen LogP contribution is -2.38. The Morgan fingerprint density at radius 1 is 1.29 bits per heavy atom. The van der Waals surface area contributed by atoms with Crippen LogP contribution in [-0.2, 0) is 0 Å². The van der Waals surface area contributed by atoms with Crippen LogP contribution in [0.5, 0.6) is 0 Å². The van der Waals surface area contributed by atoms with E-state index < -0.39 is 0 Å². The number of thioether (sulfide) groups is 1. The molecule has 3 unspecified atom stereocenters. The highest BCUT2D eigenvalue weighted by Crippen LogP contribution is 2.37. The molecule has 2 N–H and O–H groups in total. The summed E-state index contributed by atoms with van der Waals surface area (Å²) < 4.78 is 1.14. The molecule has 1 nitrogen and oxygen atoms in total. The predicted molar refractivity (Wildman–Crippen MR) is 79.4 cm³/mol. The van der Waals surface area contributed by atoms with E-state index in [1.807, 2.05) is 11.8 Å². The molecule has 0 bridgehead atoms. The smallest absolute Gasteiger partial charge is 0.0248 e. The maximum atomic E-state index is 6.24. The minimum Gasteiger partial charge on any atom is -0.327 e. The SMILES string of the molecule is CCC1CCC(N)C(Sc2ccc(Br)cc2)C1. The van der Waals surface area contributed by atoms with Gasteiger partial charge < -0.3 is 5.73 Å². The average Bonchev–Trinajstić information content (AvgIpc) is 2.35. The first-order valence-electron chi connectivity index (χ1n) is 6.37. The molecule has 0 aromatic heterocycles. The summed E-state index contributed by atoms with van der Waals surface area (Å²) in [5.74, 6) is 0.878. The molecule has 1 fully saturated rings. The Morgan fingerprint density at radius 3 is 2.65 bits per heavy atom. The summed E-state index contributed by atoms with van der Waals surface area (Å²) in [5.41, 5.74) is 6.24. The lowest BCUT2D eigenvalue weighted by atomic mass is 9.84. The second kappa shape index (κ2) is 6.26. The summed E-state index contributed by atoms with van der Waals surface area (Å²) >= 11 is 5.42. The first-order valence-corrected chi connectivity index (χ1v) is 8.04. The Balaban J connectivity index is 1.98. The van der Waals surface area contributed by atoms with Crippen molar-refractivity contribution in [3.63, 3.8) is 0 Å². The van der Waals surface area contributed by atoms with Gasteiger partial charge in [-0.15, -0.1) is 11.8 Å². The van der Waals surface area contributed by atoms with E-state index >= 15 is 0 Å². The van der Waals surface area contributed by atoms with Gasteiger partial charge in [0, 0.05) is 20.7 Å². The third-order valence-corrected chi connectivity index (χ3v) is 5.55. The van der Waals surface area contributed by atoms with Crippen LogP contribution in [0.3, 0.4) is 0 Å². The predicted octanol–water partition coefficient (Wildman–Crippen LogP) is 4.45. The Labute approximate surface area is 117 Å². The molecule has 0 saturated heterocycles. The first kappa shape index (κ1) is 13.4. The Bertz CT molecular complexity index is 352. The zero-order valence-electron chi connectivity index (χ0n) is 10.2. The lowest BCUT2D eigenvalue weighted by Gasteiger charge is -2.33. The summed E-state index contributed by atoms with van der Waals surface area (Å²) in [6, 6.07) is 8.93. The largest absolute Gasteiger partial charge is 0.327 e. The van der Waals surface area contributed by atoms with Crippen LogP contribution < -0.4 is 5.73 Å². The molecule has 0 heterocycles. The number of benzene rings is 1. The normalized spacial score (nSPS) is 29.2. The highest BCUT2D eigenvalue weighted by Gasteiger charge is 2.27. The summed E-state index contributed by atoms with van der Waals surface area (Å²) in [5, 5.41) is 0.592. The van der Waals surface area contributed by atoms with Crippen molar-refractivity contribution in [1.82, 2.24) is 0 Å². The van der Waals surface area contributed by atoms with Crippen molar-refractivity contribution in [2.45, 2.75) is 48.8 Å². The number of rotatable bonds is 3. The number of halogens is 1. The van der Waals surface area contributed by atoms with Gasteiger partial charge in [-0.2, -0.15) is 0 Å². The summed E-state index contributed by atoms with van der Waals surface area (Å²) in [6.45, 7) is 2.29. The van der Waals surface area contributed by atoms with Crippen molar-refractivity contribution in [3.8, 4) is 0 Å². The second-order valence-corrected chi connectivity index (χ2v) is 7.09. The molecule has 0 aliphatic heterocycles. The van der Waals surface area contributed by atoms with Crippen LogP contribution in [-0.4, -0.2) is 11.3 Å². The van der Waals surface area contributed by atoms with Crippen molar-refractivity contribution in [2.24, 2.45) is 11.7 Å². The van der Waals surface area contributed by atoms with Gasteiger partial charge in [-0.25, -0.2) is 0 Å². The first-order chi connectivity index (χ1) is 8.19. The molecule has 1 aromatic carbocycles. The standard InChI is InChI=1S/C14H20BrNS/c1-2-10-3-8-13(16)14(9-10)17-12-6-4-11(15)5-7-12/h4-7,10,13-14H,2-3,8-9,16H2,1H3. The van der Waals surface area contributed by atoms with Gasteiger partial charge in [0.05, 0.1) is 0 Å². The van der Waals surface area contributed by atoms with Crippen LogP contribution in [0.2, 0.25) is 0 Å². The Morgan fingerprint density at radius 2 is 2.00 bits per heavy atom. The lowest BCUT2D eigenvalue weighted by molar-refractivity contribution is 0.327. The second-order valence-electron chi connectivity index (χ2n) is 4.86. The maximum Gasteiger partial charge on any atom is 0.0248 e. The number of hydrogen-bond acceptors (Lipinski definition) is 2. The van der Waals surface area contributed by atoms with Crippen LogP contribution in [0.25, 0.3) is 0 Å². The fourth-order valence-electron chi connectivity index (χ4n) is 2.43. The molecule has 3 atom stereocenters. The van der Waals surface area contributed by atoms with E-state index in [9.17, 15) is 0 Å². The third-order valence-electron chi connectivity index (χ3n) is 3.63. The van der Waals surface area contributed by atoms with E-state index in [4.69, 9.17) is 5.73 Å². The van der Waals surface area contributed by atoms with E-state index in [0.29, 0.717) is 11.3 Å². The van der Waals surface area contributed by atoms with Gasteiger partial charge >= 0.3 is 0 Å². The number of hydrogen-bond donors (Lipinski definition) is 1. The van der Waals surface area contributed by atoms with E-state index in [-0.39, 0.29) is 0 Å². The van der Waals surface area contributed by atoms with Crippen molar-refractivity contribution < 1.29 is 0 Å². The van der Waals surface area contributed by atoms with Gasteiger partial charge in [0.15, 0.2) is 0 Å². The monoisotopic (exact) mass is 313 g/mol. The highest BCUT2D eigenvalue weighted by atomic mass is 79.9. The summed E-state index contributed by atoms with van der Waals surface area (Å²) in [6.07, 6.45) is 5.07. The maximum absolute atomic E-state index is 6.24. The topological polar surface area (TPSA) is 26.0 Å². The van der Waals surface area contributed by atoms with Gasteiger partial charge in [0.2, 0.25) is 0 Å². The molecule has 1 aliphatic carbocycles. The van der Waals surface area contributed by atoms with E-state index in [1.54, 1.807) is 0 Å². The Hall–Kier alpha value is 0.01000. The minimum atomic E-state index is 0.367. The van der Waals surface area contributed by atoms with Gasteiger partial charge in [-0.05, 0) is 49.4 Å². The molecule has 0 spiro atoms. The van der Waals surface area contributed by atoms with Crippen LogP contribution in [0.1, 0.15) is 32.6 Å². The fraction of sp³-hybridized carbons (Fsp3) is 0.571. The van der Waals surface area contributed by atoms with E-state index in [2.05, 4.69) is 47.1 Å². The molecule has 0 radical (unpaired) electrons. The van der Waals surface area contributed by atoms with Crippen molar-refractivity contribution in [1.29, 1.82) is 0 Å². The molecule has 1 aromatic rings. The molecule has 1 aliphatic rings. The summed E-state index contributed by atoms with van der Waals surface area (Å²) in [4.78, 5) is 1.34. The molecule has 17 heavy (non-hydrogen) atoms. The van der Waals surface area contributed by atoms with Gasteiger partial charge in [0.1, 0.15) is 0 Å². The zero-order valence-corrected chi connectivity index (χ0v) is 12.6. The quantitative estimate of drug-likeness (QED) is 0.892. The van der Waals surface area contributed by atoms with Gasteiger partial charge in [0.25, 0.3) is 0 Å². The minimum absolute atomic E-state index is 0.367. The third kappa shape index (κ3) is 3.73. The van der Waals surface area contributed by atoms with Crippen LogP contribution in [0, 0.1) is 5.92 Å². The average molecular weight is 314 g/mol. The van der Waals surface area contributed by atoms with Crippen LogP contribution >= 0.6 is 27.7 Å².